The van der Waals surface area contributed by atoms with Gasteiger partial charge in [0.15, 0.2) is 0 Å². The van der Waals surface area contributed by atoms with Gasteiger partial charge in [0, 0.05) is 11.7 Å². The molecule has 0 heterocycles. The Morgan fingerprint density at radius 3 is 3.00 bits per heavy atom. The third kappa shape index (κ3) is 1.30. The van der Waals surface area contributed by atoms with Gasteiger partial charge in [0.2, 0.25) is 0 Å². The molecule has 1 aliphatic rings. The summed E-state index contributed by atoms with van der Waals surface area (Å²) in [5.74, 6) is 0. The van der Waals surface area contributed by atoms with E-state index in [9.17, 15) is 0 Å². The van der Waals surface area contributed by atoms with Crippen LogP contribution in [-0.4, -0.2) is 0 Å². The zero-order valence-corrected chi connectivity index (χ0v) is 8.36. The Labute approximate surface area is 83.2 Å². The lowest BCUT2D eigenvalue weighted by Crippen LogP contribution is -2.07. The lowest BCUT2D eigenvalue weighted by molar-refractivity contribution is 0.660. The summed E-state index contributed by atoms with van der Waals surface area (Å²) in [7, 11) is 0. The number of benzene rings is 1. The van der Waals surface area contributed by atoms with Gasteiger partial charge in [0.1, 0.15) is 0 Å². The lowest BCUT2D eigenvalue weighted by atomic mass is 10.0. The van der Waals surface area contributed by atoms with E-state index in [1.165, 1.54) is 16.7 Å². The highest BCUT2D eigenvalue weighted by atomic mass is 35.5. The van der Waals surface area contributed by atoms with Crippen LogP contribution >= 0.6 is 11.8 Å². The SMILES string of the molecule is Cc1c(N)ccc2c1CC[C@@H]2NCl. The highest BCUT2D eigenvalue weighted by Crippen LogP contribution is 2.35. The second-order valence-corrected chi connectivity index (χ2v) is 3.77. The van der Waals surface area contributed by atoms with Gasteiger partial charge in [0.05, 0.1) is 0 Å². The third-order valence-electron chi connectivity index (χ3n) is 2.87. The Balaban J connectivity index is 2.50. The fourth-order valence-corrected chi connectivity index (χ4v) is 2.24. The molecule has 0 aliphatic heterocycles. The fraction of sp³-hybridized carbons (Fsp3) is 0.400. The smallest absolute Gasteiger partial charge is 0.0476 e. The normalized spacial score (nSPS) is 20.3. The molecule has 0 saturated heterocycles. The number of hydrogen-bond donors (Lipinski definition) is 2. The van der Waals surface area contributed by atoms with Crippen molar-refractivity contribution in [2.45, 2.75) is 25.8 Å². The summed E-state index contributed by atoms with van der Waals surface area (Å²) in [5.41, 5.74) is 10.6. The standard InChI is InChI=1S/C10H13ClN2/c1-6-7-3-5-10(13-11)8(7)2-4-9(6)12/h2,4,10,13H,3,5,12H2,1H3/t10-/m0/s1. The van der Waals surface area contributed by atoms with Gasteiger partial charge in [0.25, 0.3) is 0 Å². The molecule has 1 aromatic rings. The maximum atomic E-state index is 5.83. The van der Waals surface area contributed by atoms with Gasteiger partial charge in [-0.15, -0.1) is 0 Å². The summed E-state index contributed by atoms with van der Waals surface area (Å²) in [5, 5.41) is 0. The van der Waals surface area contributed by atoms with E-state index >= 15 is 0 Å². The van der Waals surface area contributed by atoms with Crippen LogP contribution in [0.1, 0.15) is 29.2 Å². The van der Waals surface area contributed by atoms with Gasteiger partial charge in [-0.1, -0.05) is 6.07 Å². The zero-order valence-electron chi connectivity index (χ0n) is 7.60. The van der Waals surface area contributed by atoms with Crippen molar-refractivity contribution in [1.29, 1.82) is 0 Å². The van der Waals surface area contributed by atoms with Crippen LogP contribution in [0.15, 0.2) is 12.1 Å². The summed E-state index contributed by atoms with van der Waals surface area (Å²) < 4.78 is 0. The van der Waals surface area contributed by atoms with Gasteiger partial charge in [-0.3, -0.25) is 0 Å². The van der Waals surface area contributed by atoms with Crippen LogP contribution < -0.4 is 10.6 Å². The van der Waals surface area contributed by atoms with E-state index in [0.29, 0.717) is 6.04 Å². The zero-order chi connectivity index (χ0) is 9.42. The number of anilines is 1. The topological polar surface area (TPSA) is 38.0 Å². The minimum Gasteiger partial charge on any atom is -0.399 e. The molecular weight excluding hydrogens is 184 g/mol. The largest absolute Gasteiger partial charge is 0.399 e. The van der Waals surface area contributed by atoms with Crippen molar-refractivity contribution >= 4 is 17.5 Å². The Morgan fingerprint density at radius 1 is 1.54 bits per heavy atom. The molecule has 13 heavy (non-hydrogen) atoms. The number of rotatable bonds is 1. The number of nitrogens with two attached hydrogens (primary N) is 1. The summed E-state index contributed by atoms with van der Waals surface area (Å²) in [6, 6.07) is 4.33. The molecule has 0 bridgehead atoms. The number of halogens is 1. The van der Waals surface area contributed by atoms with Crippen LogP contribution in [-0.2, 0) is 6.42 Å². The van der Waals surface area contributed by atoms with Crippen molar-refractivity contribution in [3.05, 3.63) is 28.8 Å². The number of fused-ring (bicyclic) bond motifs is 1. The van der Waals surface area contributed by atoms with Gasteiger partial charge in [-0.05, 0) is 54.3 Å². The van der Waals surface area contributed by atoms with Gasteiger partial charge in [-0.2, -0.15) is 0 Å². The molecular formula is C10H13ClN2. The molecule has 3 heteroatoms. The molecule has 2 rings (SSSR count). The first-order chi connectivity index (χ1) is 6.24. The van der Waals surface area contributed by atoms with E-state index in [2.05, 4.69) is 17.8 Å². The molecule has 0 unspecified atom stereocenters. The molecule has 2 nitrogen and oxygen atoms in total. The van der Waals surface area contributed by atoms with E-state index < -0.39 is 0 Å². The molecule has 1 aliphatic carbocycles. The molecule has 70 valence electrons. The van der Waals surface area contributed by atoms with Crippen molar-refractivity contribution in [2.24, 2.45) is 0 Å². The highest BCUT2D eigenvalue weighted by Gasteiger charge is 2.23. The van der Waals surface area contributed by atoms with Crippen LogP contribution in [0.2, 0.25) is 0 Å². The van der Waals surface area contributed by atoms with Crippen LogP contribution in [0.3, 0.4) is 0 Å². The average molecular weight is 197 g/mol. The van der Waals surface area contributed by atoms with Crippen molar-refractivity contribution in [3.8, 4) is 0 Å². The summed E-state index contributed by atoms with van der Waals surface area (Å²) in [4.78, 5) is 2.80. The molecule has 0 saturated carbocycles. The maximum Gasteiger partial charge on any atom is 0.0476 e. The molecule has 0 aromatic heterocycles. The van der Waals surface area contributed by atoms with Crippen molar-refractivity contribution < 1.29 is 0 Å². The third-order valence-corrected chi connectivity index (χ3v) is 3.13. The Bertz CT molecular complexity index is 336. The minimum absolute atomic E-state index is 0.302. The molecule has 0 fully saturated rings. The molecule has 1 atom stereocenters. The summed E-state index contributed by atoms with van der Waals surface area (Å²) in [6.07, 6.45) is 2.15. The minimum atomic E-state index is 0.302. The first kappa shape index (κ1) is 8.85. The monoisotopic (exact) mass is 196 g/mol. The lowest BCUT2D eigenvalue weighted by Gasteiger charge is -2.10. The van der Waals surface area contributed by atoms with Gasteiger partial charge < -0.3 is 5.73 Å². The quantitative estimate of drug-likeness (QED) is 0.535. The molecule has 1 aromatic carbocycles. The van der Waals surface area contributed by atoms with Crippen LogP contribution in [0.4, 0.5) is 5.69 Å². The van der Waals surface area contributed by atoms with Crippen molar-refractivity contribution in [2.75, 3.05) is 5.73 Å². The number of hydrogen-bond acceptors (Lipinski definition) is 2. The maximum absolute atomic E-state index is 5.83. The summed E-state index contributed by atoms with van der Waals surface area (Å²) in [6.45, 7) is 2.07. The predicted molar refractivity (Wildman–Crippen MR) is 55.6 cm³/mol. The van der Waals surface area contributed by atoms with E-state index in [-0.39, 0.29) is 0 Å². The number of nitrogens with one attached hydrogen (secondary N) is 1. The second-order valence-electron chi connectivity index (χ2n) is 3.55. The Hall–Kier alpha value is -0.730. The van der Waals surface area contributed by atoms with Crippen LogP contribution in [0.5, 0.6) is 0 Å². The molecule has 0 spiro atoms. The first-order valence-corrected chi connectivity index (χ1v) is 4.86. The van der Waals surface area contributed by atoms with E-state index in [4.69, 9.17) is 17.5 Å². The van der Waals surface area contributed by atoms with E-state index in [1.54, 1.807) is 0 Å². The van der Waals surface area contributed by atoms with Crippen LogP contribution in [0, 0.1) is 6.92 Å². The molecule has 0 radical (unpaired) electrons. The van der Waals surface area contributed by atoms with Crippen LogP contribution in [0.25, 0.3) is 0 Å². The van der Waals surface area contributed by atoms with Gasteiger partial charge in [-0.25, -0.2) is 4.84 Å². The Kier molecular flexibility index (Phi) is 2.18. The highest BCUT2D eigenvalue weighted by molar-refractivity contribution is 6.13. The average Bonchev–Trinajstić information content (AvgIpc) is 2.55. The van der Waals surface area contributed by atoms with Crippen molar-refractivity contribution in [3.63, 3.8) is 0 Å². The predicted octanol–water partition coefficient (Wildman–Crippen LogP) is 2.31. The molecule has 0 amide bonds. The summed E-state index contributed by atoms with van der Waals surface area (Å²) >= 11 is 5.65. The first-order valence-electron chi connectivity index (χ1n) is 4.48. The fourth-order valence-electron chi connectivity index (χ4n) is 2.01. The molecule has 3 N–H and O–H groups in total. The van der Waals surface area contributed by atoms with Crippen molar-refractivity contribution in [1.82, 2.24) is 4.84 Å². The Morgan fingerprint density at radius 2 is 2.31 bits per heavy atom. The number of nitrogen functional groups attached to an aromatic ring is 1. The van der Waals surface area contributed by atoms with E-state index in [0.717, 1.165) is 18.5 Å². The second kappa shape index (κ2) is 3.20. The van der Waals surface area contributed by atoms with Gasteiger partial charge >= 0.3 is 0 Å². The van der Waals surface area contributed by atoms with E-state index in [1.807, 2.05) is 6.07 Å².